The summed E-state index contributed by atoms with van der Waals surface area (Å²) in [5.41, 5.74) is 1.97. The van der Waals surface area contributed by atoms with Crippen LogP contribution in [0.15, 0.2) is 18.2 Å². The summed E-state index contributed by atoms with van der Waals surface area (Å²) in [5, 5.41) is 10.2. The minimum atomic E-state index is -0.431. The molecule has 1 aliphatic heterocycles. The molecule has 0 fully saturated rings. The van der Waals surface area contributed by atoms with Gasteiger partial charge in [-0.25, -0.2) is 0 Å². The van der Waals surface area contributed by atoms with Crippen molar-refractivity contribution in [3.8, 4) is 11.5 Å². The van der Waals surface area contributed by atoms with E-state index in [0.717, 1.165) is 29.0 Å². The van der Waals surface area contributed by atoms with Gasteiger partial charge in [-0.3, -0.25) is 0 Å². The molecule has 1 N–H and O–H groups in total. The summed E-state index contributed by atoms with van der Waals surface area (Å²) >= 11 is 0. The zero-order chi connectivity index (χ0) is 11.1. The predicted octanol–water partition coefficient (Wildman–Crippen LogP) is 2.50. The van der Waals surface area contributed by atoms with Crippen LogP contribution in [0.3, 0.4) is 0 Å². The zero-order valence-electron chi connectivity index (χ0n) is 9.14. The summed E-state index contributed by atoms with van der Waals surface area (Å²) in [4.78, 5) is 0. The van der Waals surface area contributed by atoms with Crippen molar-refractivity contribution >= 4 is 6.08 Å². The number of benzene rings is 1. The number of fused-ring (bicyclic) bond motifs is 2. The van der Waals surface area contributed by atoms with E-state index in [1.807, 2.05) is 12.1 Å². The fourth-order valence-corrected chi connectivity index (χ4v) is 2.30. The SMILES string of the molecule is CC[C@H]1C=Cc2cc3c(cc2[C@H]1O)OCO3. The minimum Gasteiger partial charge on any atom is -0.454 e. The van der Waals surface area contributed by atoms with Crippen LogP contribution in [-0.4, -0.2) is 11.9 Å². The molecule has 0 spiro atoms. The lowest BCUT2D eigenvalue weighted by atomic mass is 9.85. The van der Waals surface area contributed by atoms with E-state index in [2.05, 4.69) is 19.1 Å². The summed E-state index contributed by atoms with van der Waals surface area (Å²) < 4.78 is 10.6. The Hall–Kier alpha value is -1.48. The standard InChI is InChI=1S/C13H14O3/c1-2-8-3-4-9-5-11-12(16-7-15-11)6-10(9)13(8)14/h3-6,8,13-14H,2,7H2,1H3/t8-,13-/m0/s1. The molecule has 0 bridgehead atoms. The summed E-state index contributed by atoms with van der Waals surface area (Å²) in [7, 11) is 0. The monoisotopic (exact) mass is 218 g/mol. The maximum Gasteiger partial charge on any atom is 0.231 e. The van der Waals surface area contributed by atoms with Gasteiger partial charge in [-0.05, 0) is 29.7 Å². The third kappa shape index (κ3) is 1.32. The molecule has 0 saturated heterocycles. The molecule has 1 aromatic carbocycles. The highest BCUT2D eigenvalue weighted by atomic mass is 16.7. The van der Waals surface area contributed by atoms with E-state index < -0.39 is 6.10 Å². The second-order valence-corrected chi connectivity index (χ2v) is 4.21. The van der Waals surface area contributed by atoms with Gasteiger partial charge in [-0.1, -0.05) is 19.1 Å². The Morgan fingerprint density at radius 3 is 2.81 bits per heavy atom. The highest BCUT2D eigenvalue weighted by Gasteiger charge is 2.26. The van der Waals surface area contributed by atoms with Crippen LogP contribution in [0.25, 0.3) is 6.08 Å². The van der Waals surface area contributed by atoms with E-state index in [1.54, 1.807) is 0 Å². The van der Waals surface area contributed by atoms with E-state index in [1.165, 1.54) is 0 Å². The third-order valence-corrected chi connectivity index (χ3v) is 3.30. The summed E-state index contributed by atoms with van der Waals surface area (Å²) in [5.74, 6) is 1.71. The fraction of sp³-hybridized carbons (Fsp3) is 0.385. The van der Waals surface area contributed by atoms with Crippen LogP contribution in [0.1, 0.15) is 30.6 Å². The van der Waals surface area contributed by atoms with Crippen molar-refractivity contribution in [2.75, 3.05) is 6.79 Å². The van der Waals surface area contributed by atoms with Gasteiger partial charge in [-0.2, -0.15) is 0 Å². The van der Waals surface area contributed by atoms with Gasteiger partial charge in [0.2, 0.25) is 6.79 Å². The van der Waals surface area contributed by atoms with Gasteiger partial charge < -0.3 is 14.6 Å². The highest BCUT2D eigenvalue weighted by molar-refractivity contribution is 5.63. The van der Waals surface area contributed by atoms with Crippen LogP contribution < -0.4 is 9.47 Å². The molecule has 3 rings (SSSR count). The van der Waals surface area contributed by atoms with Gasteiger partial charge in [0.1, 0.15) is 0 Å². The number of hydrogen-bond acceptors (Lipinski definition) is 3. The molecule has 0 unspecified atom stereocenters. The van der Waals surface area contributed by atoms with Gasteiger partial charge in [0, 0.05) is 5.92 Å². The Labute approximate surface area is 94.3 Å². The number of hydrogen-bond donors (Lipinski definition) is 1. The molecule has 0 radical (unpaired) electrons. The molecule has 0 aromatic heterocycles. The van der Waals surface area contributed by atoms with E-state index in [4.69, 9.17) is 9.47 Å². The zero-order valence-corrected chi connectivity index (χ0v) is 9.14. The van der Waals surface area contributed by atoms with Crippen molar-refractivity contribution in [3.05, 3.63) is 29.3 Å². The van der Waals surface area contributed by atoms with Crippen molar-refractivity contribution in [2.45, 2.75) is 19.4 Å². The van der Waals surface area contributed by atoms with Crippen molar-refractivity contribution in [2.24, 2.45) is 5.92 Å². The van der Waals surface area contributed by atoms with Gasteiger partial charge >= 0.3 is 0 Å². The number of aliphatic hydroxyl groups excluding tert-OH is 1. The van der Waals surface area contributed by atoms with E-state index >= 15 is 0 Å². The predicted molar refractivity (Wildman–Crippen MR) is 60.3 cm³/mol. The maximum absolute atomic E-state index is 10.2. The molecular weight excluding hydrogens is 204 g/mol. The van der Waals surface area contributed by atoms with Crippen LogP contribution in [0.5, 0.6) is 11.5 Å². The van der Waals surface area contributed by atoms with Gasteiger partial charge in [-0.15, -0.1) is 0 Å². The van der Waals surface area contributed by atoms with Crippen LogP contribution >= 0.6 is 0 Å². The topological polar surface area (TPSA) is 38.7 Å². The van der Waals surface area contributed by atoms with Gasteiger partial charge in [0.15, 0.2) is 11.5 Å². The quantitative estimate of drug-likeness (QED) is 0.787. The van der Waals surface area contributed by atoms with E-state index in [0.29, 0.717) is 0 Å². The second-order valence-electron chi connectivity index (χ2n) is 4.21. The average Bonchev–Trinajstić information content (AvgIpc) is 2.74. The first-order valence-electron chi connectivity index (χ1n) is 5.59. The number of ether oxygens (including phenoxy) is 2. The van der Waals surface area contributed by atoms with Crippen molar-refractivity contribution in [3.63, 3.8) is 0 Å². The average molecular weight is 218 g/mol. The van der Waals surface area contributed by atoms with Crippen LogP contribution in [0, 0.1) is 5.92 Å². The lowest BCUT2D eigenvalue weighted by Crippen LogP contribution is -2.14. The van der Waals surface area contributed by atoms with Crippen LogP contribution in [0.2, 0.25) is 0 Å². The number of rotatable bonds is 1. The molecule has 1 heterocycles. The third-order valence-electron chi connectivity index (χ3n) is 3.30. The maximum atomic E-state index is 10.2. The molecule has 3 nitrogen and oxygen atoms in total. The highest BCUT2D eigenvalue weighted by Crippen LogP contribution is 2.41. The molecule has 2 atom stereocenters. The van der Waals surface area contributed by atoms with E-state index in [-0.39, 0.29) is 12.7 Å². The molecule has 2 aliphatic rings. The minimum absolute atomic E-state index is 0.202. The fourth-order valence-electron chi connectivity index (χ4n) is 2.30. The lowest BCUT2D eigenvalue weighted by molar-refractivity contribution is 0.127. The molecule has 1 aliphatic carbocycles. The smallest absolute Gasteiger partial charge is 0.231 e. The first-order valence-corrected chi connectivity index (χ1v) is 5.59. The van der Waals surface area contributed by atoms with Crippen LogP contribution in [0.4, 0.5) is 0 Å². The van der Waals surface area contributed by atoms with E-state index in [9.17, 15) is 5.11 Å². The van der Waals surface area contributed by atoms with Gasteiger partial charge in [0.25, 0.3) is 0 Å². The lowest BCUT2D eigenvalue weighted by Gasteiger charge is -2.24. The molecule has 0 amide bonds. The van der Waals surface area contributed by atoms with Crippen molar-refractivity contribution in [1.82, 2.24) is 0 Å². The summed E-state index contributed by atoms with van der Waals surface area (Å²) in [6, 6.07) is 3.83. The Morgan fingerprint density at radius 1 is 1.31 bits per heavy atom. The normalized spacial score (nSPS) is 25.6. The Morgan fingerprint density at radius 2 is 2.06 bits per heavy atom. The molecule has 1 aromatic rings. The van der Waals surface area contributed by atoms with Gasteiger partial charge in [0.05, 0.1) is 6.10 Å². The molecular formula is C13H14O3. The first kappa shape index (κ1) is 9.73. The first-order chi connectivity index (χ1) is 7.79. The number of aliphatic hydroxyl groups is 1. The molecule has 16 heavy (non-hydrogen) atoms. The molecule has 0 saturated carbocycles. The molecule has 84 valence electrons. The summed E-state index contributed by atoms with van der Waals surface area (Å²) in [6.45, 7) is 2.35. The Bertz CT molecular complexity index is 451. The molecule has 3 heteroatoms. The van der Waals surface area contributed by atoms with Crippen LogP contribution in [-0.2, 0) is 0 Å². The Kier molecular flexibility index (Phi) is 2.14. The summed E-state index contributed by atoms with van der Waals surface area (Å²) in [6.07, 6.45) is 4.62. The van der Waals surface area contributed by atoms with Crippen molar-refractivity contribution < 1.29 is 14.6 Å². The second kappa shape index (κ2) is 3.52. The van der Waals surface area contributed by atoms with Crippen molar-refractivity contribution in [1.29, 1.82) is 0 Å². The Balaban J connectivity index is 2.09. The largest absolute Gasteiger partial charge is 0.454 e.